The molecule has 1 aromatic carbocycles. The zero-order valence-corrected chi connectivity index (χ0v) is 14.0. The van der Waals surface area contributed by atoms with Gasteiger partial charge in [-0.15, -0.1) is 0 Å². The fourth-order valence-electron chi connectivity index (χ4n) is 3.05. The lowest BCUT2D eigenvalue weighted by atomic mass is 10.1. The molecule has 0 aliphatic carbocycles. The third-order valence-corrected chi connectivity index (χ3v) is 4.32. The number of rotatable bonds is 7. The van der Waals surface area contributed by atoms with Crippen LogP contribution in [-0.2, 0) is 11.2 Å². The summed E-state index contributed by atoms with van der Waals surface area (Å²) in [5.74, 6) is 0.864. The number of amides is 1. The van der Waals surface area contributed by atoms with Crippen LogP contribution in [0.1, 0.15) is 37.3 Å². The molecule has 0 radical (unpaired) electrons. The number of carbonyl (C=O) groups is 1. The zero-order chi connectivity index (χ0) is 15.9. The highest BCUT2D eigenvalue weighted by Crippen LogP contribution is 2.20. The van der Waals surface area contributed by atoms with Crippen molar-refractivity contribution in [3.05, 3.63) is 29.3 Å². The maximum absolute atomic E-state index is 12.3. The monoisotopic (exact) mass is 304 g/mol. The number of hydrogen-bond acceptors (Lipinski definition) is 3. The summed E-state index contributed by atoms with van der Waals surface area (Å²) < 4.78 is 5.35. The summed E-state index contributed by atoms with van der Waals surface area (Å²) in [6, 6.07) is 6.20. The van der Waals surface area contributed by atoms with Crippen molar-refractivity contribution in [2.45, 2.75) is 45.6 Å². The van der Waals surface area contributed by atoms with Gasteiger partial charge in [0, 0.05) is 18.2 Å². The number of likely N-dealkylation sites (tertiary alicyclic amines) is 1. The van der Waals surface area contributed by atoms with Crippen LogP contribution in [0.2, 0.25) is 0 Å². The summed E-state index contributed by atoms with van der Waals surface area (Å²) in [5, 5.41) is 3.18. The van der Waals surface area contributed by atoms with E-state index < -0.39 is 0 Å². The van der Waals surface area contributed by atoms with Gasteiger partial charge in [-0.05, 0) is 45.3 Å². The minimum Gasteiger partial charge on any atom is -0.496 e. The molecule has 1 saturated heterocycles. The predicted molar refractivity (Wildman–Crippen MR) is 89.3 cm³/mol. The van der Waals surface area contributed by atoms with Crippen molar-refractivity contribution in [1.29, 1.82) is 0 Å². The first kappa shape index (κ1) is 16.8. The summed E-state index contributed by atoms with van der Waals surface area (Å²) >= 11 is 0. The quantitative estimate of drug-likeness (QED) is 0.841. The smallest absolute Gasteiger partial charge is 0.224 e. The average Bonchev–Trinajstić information content (AvgIpc) is 2.99. The standard InChI is InChI=1S/C18H28N2O2/c1-4-16(13-20-9-5-6-10-20)19-18(21)12-15-11-14(2)7-8-17(15)22-3/h7-8,11,16H,4-6,9-10,12-13H2,1-3H3,(H,19,21)/t16-/m0/s1. The van der Waals surface area contributed by atoms with Gasteiger partial charge in [-0.25, -0.2) is 0 Å². The van der Waals surface area contributed by atoms with E-state index in [-0.39, 0.29) is 11.9 Å². The number of hydrogen-bond donors (Lipinski definition) is 1. The molecule has 1 heterocycles. The van der Waals surface area contributed by atoms with Crippen LogP contribution in [0.15, 0.2) is 18.2 Å². The van der Waals surface area contributed by atoms with E-state index in [4.69, 9.17) is 4.74 Å². The molecule has 0 aromatic heterocycles. The minimum atomic E-state index is 0.0787. The number of aryl methyl sites for hydroxylation is 1. The van der Waals surface area contributed by atoms with E-state index >= 15 is 0 Å². The van der Waals surface area contributed by atoms with Crippen molar-refractivity contribution in [2.24, 2.45) is 0 Å². The number of methoxy groups -OCH3 is 1. The Kier molecular flexibility index (Phi) is 6.25. The topological polar surface area (TPSA) is 41.6 Å². The molecule has 0 bridgehead atoms. The maximum Gasteiger partial charge on any atom is 0.224 e. The summed E-state index contributed by atoms with van der Waals surface area (Å²) in [5.41, 5.74) is 2.10. The SMILES string of the molecule is CC[C@@H](CN1CCCC1)NC(=O)Cc1cc(C)ccc1OC. The third-order valence-electron chi connectivity index (χ3n) is 4.32. The predicted octanol–water partition coefficient (Wildman–Crippen LogP) is 2.54. The molecule has 0 saturated carbocycles. The molecule has 1 aliphatic rings. The van der Waals surface area contributed by atoms with Gasteiger partial charge in [-0.3, -0.25) is 4.79 Å². The molecular formula is C18H28N2O2. The highest BCUT2D eigenvalue weighted by molar-refractivity contribution is 5.79. The van der Waals surface area contributed by atoms with Gasteiger partial charge in [0.1, 0.15) is 5.75 Å². The van der Waals surface area contributed by atoms with Crippen molar-refractivity contribution >= 4 is 5.91 Å². The molecule has 1 fully saturated rings. The van der Waals surface area contributed by atoms with Crippen LogP contribution in [0.4, 0.5) is 0 Å². The molecule has 0 unspecified atom stereocenters. The van der Waals surface area contributed by atoms with E-state index in [1.54, 1.807) is 7.11 Å². The van der Waals surface area contributed by atoms with Gasteiger partial charge in [0.05, 0.1) is 13.5 Å². The first-order chi connectivity index (χ1) is 10.6. The van der Waals surface area contributed by atoms with Gasteiger partial charge in [0.2, 0.25) is 5.91 Å². The van der Waals surface area contributed by atoms with E-state index in [0.29, 0.717) is 6.42 Å². The zero-order valence-electron chi connectivity index (χ0n) is 14.0. The highest BCUT2D eigenvalue weighted by Gasteiger charge is 2.18. The van der Waals surface area contributed by atoms with Gasteiger partial charge in [-0.1, -0.05) is 24.6 Å². The maximum atomic E-state index is 12.3. The fourth-order valence-corrected chi connectivity index (χ4v) is 3.05. The van der Waals surface area contributed by atoms with Gasteiger partial charge >= 0.3 is 0 Å². The molecule has 1 atom stereocenters. The van der Waals surface area contributed by atoms with Crippen LogP contribution in [-0.4, -0.2) is 43.6 Å². The molecular weight excluding hydrogens is 276 g/mol. The molecule has 1 aliphatic heterocycles. The van der Waals surface area contributed by atoms with Crippen LogP contribution in [0.5, 0.6) is 5.75 Å². The van der Waals surface area contributed by atoms with E-state index in [0.717, 1.165) is 42.9 Å². The van der Waals surface area contributed by atoms with E-state index in [1.165, 1.54) is 12.8 Å². The van der Waals surface area contributed by atoms with Crippen LogP contribution in [0, 0.1) is 6.92 Å². The average molecular weight is 304 g/mol. The summed E-state index contributed by atoms with van der Waals surface area (Å²) in [4.78, 5) is 14.8. The van der Waals surface area contributed by atoms with Gasteiger partial charge in [-0.2, -0.15) is 0 Å². The van der Waals surface area contributed by atoms with E-state index in [9.17, 15) is 4.79 Å². The molecule has 4 nitrogen and oxygen atoms in total. The largest absolute Gasteiger partial charge is 0.496 e. The number of benzene rings is 1. The Morgan fingerprint density at radius 1 is 1.36 bits per heavy atom. The molecule has 0 spiro atoms. The molecule has 22 heavy (non-hydrogen) atoms. The van der Waals surface area contributed by atoms with Crippen molar-refractivity contribution in [2.75, 3.05) is 26.7 Å². The molecule has 1 amide bonds. The Labute approximate surface area is 133 Å². The van der Waals surface area contributed by atoms with Crippen LogP contribution >= 0.6 is 0 Å². The van der Waals surface area contributed by atoms with E-state index in [2.05, 4.69) is 17.1 Å². The Bertz CT molecular complexity index is 496. The summed E-state index contributed by atoms with van der Waals surface area (Å²) in [6.45, 7) is 7.46. The summed E-state index contributed by atoms with van der Waals surface area (Å²) in [6.07, 6.45) is 3.91. The normalized spacial score (nSPS) is 16.5. The number of nitrogens with zero attached hydrogens (tertiary/aromatic N) is 1. The highest BCUT2D eigenvalue weighted by atomic mass is 16.5. The number of carbonyl (C=O) groups excluding carboxylic acids is 1. The Morgan fingerprint density at radius 3 is 2.73 bits per heavy atom. The van der Waals surface area contributed by atoms with Crippen LogP contribution < -0.4 is 10.1 Å². The van der Waals surface area contributed by atoms with Gasteiger partial charge in [0.25, 0.3) is 0 Å². The van der Waals surface area contributed by atoms with Crippen molar-refractivity contribution in [3.63, 3.8) is 0 Å². The Hall–Kier alpha value is -1.55. The first-order valence-electron chi connectivity index (χ1n) is 8.27. The summed E-state index contributed by atoms with van der Waals surface area (Å²) in [7, 11) is 1.65. The molecule has 122 valence electrons. The molecule has 1 aromatic rings. The second kappa shape index (κ2) is 8.18. The Morgan fingerprint density at radius 2 is 2.09 bits per heavy atom. The lowest BCUT2D eigenvalue weighted by molar-refractivity contribution is -0.121. The molecule has 1 N–H and O–H groups in total. The van der Waals surface area contributed by atoms with E-state index in [1.807, 2.05) is 25.1 Å². The number of ether oxygens (including phenoxy) is 1. The molecule has 2 rings (SSSR count). The van der Waals surface area contributed by atoms with Gasteiger partial charge < -0.3 is 15.0 Å². The van der Waals surface area contributed by atoms with Crippen molar-refractivity contribution < 1.29 is 9.53 Å². The fraction of sp³-hybridized carbons (Fsp3) is 0.611. The molecule has 4 heteroatoms. The van der Waals surface area contributed by atoms with Gasteiger partial charge in [0.15, 0.2) is 0 Å². The first-order valence-corrected chi connectivity index (χ1v) is 8.27. The second-order valence-electron chi connectivity index (χ2n) is 6.17. The third kappa shape index (κ3) is 4.73. The van der Waals surface area contributed by atoms with Crippen LogP contribution in [0.3, 0.4) is 0 Å². The second-order valence-corrected chi connectivity index (χ2v) is 6.17. The number of nitrogens with one attached hydrogen (secondary N) is 1. The van der Waals surface area contributed by atoms with Crippen molar-refractivity contribution in [1.82, 2.24) is 10.2 Å². The Balaban J connectivity index is 1.91. The van der Waals surface area contributed by atoms with Crippen LogP contribution in [0.25, 0.3) is 0 Å². The lowest BCUT2D eigenvalue weighted by Crippen LogP contribution is -2.43. The lowest BCUT2D eigenvalue weighted by Gasteiger charge is -2.23. The van der Waals surface area contributed by atoms with Crippen molar-refractivity contribution in [3.8, 4) is 5.75 Å². The minimum absolute atomic E-state index is 0.0787.